The van der Waals surface area contributed by atoms with Gasteiger partial charge in [-0.1, -0.05) is 49.7 Å². The number of fused-ring (bicyclic) bond motifs is 1. The van der Waals surface area contributed by atoms with Gasteiger partial charge in [-0.15, -0.1) is 11.3 Å². The molecule has 1 heterocycles. The monoisotopic (exact) mass is 812 g/mol. The third kappa shape index (κ3) is 12.3. The Morgan fingerprint density at radius 2 is 1.48 bits per heavy atom. The number of aromatic carboxylic acids is 1. The number of carboxylic acid groups (broad SMARTS) is 2. The highest BCUT2D eigenvalue weighted by molar-refractivity contribution is 7.17. The Hall–Kier alpha value is -5.40. The van der Waals surface area contributed by atoms with Crippen LogP contribution in [0.1, 0.15) is 110 Å². The number of anilines is 2. The summed E-state index contributed by atoms with van der Waals surface area (Å²) in [4.78, 5) is 67.2. The summed E-state index contributed by atoms with van der Waals surface area (Å²) in [5.41, 5.74) is 5.73. The molecule has 4 N–H and O–H groups in total. The van der Waals surface area contributed by atoms with Gasteiger partial charge in [-0.3, -0.25) is 28.5 Å². The van der Waals surface area contributed by atoms with Crippen molar-refractivity contribution < 1.29 is 38.6 Å². The number of nitrogens with zero attached hydrogens (tertiary/aromatic N) is 2. The molecule has 1 aliphatic carbocycles. The molecule has 3 aromatic carbocycles. The molecule has 58 heavy (non-hydrogen) atoms. The van der Waals surface area contributed by atoms with Crippen LogP contribution in [0.3, 0.4) is 0 Å². The number of carbonyl (C=O) groups is 5. The number of hydrogen-bond acceptors (Lipinski definition) is 7. The zero-order valence-electron chi connectivity index (χ0n) is 33.2. The molecule has 4 aromatic rings. The zero-order valence-corrected chi connectivity index (χ0v) is 34.0. The second kappa shape index (κ2) is 21.4. The van der Waals surface area contributed by atoms with Gasteiger partial charge < -0.3 is 25.7 Å². The van der Waals surface area contributed by atoms with Crippen molar-refractivity contribution in [3.63, 3.8) is 0 Å². The molecule has 5 rings (SSSR count). The Balaban J connectivity index is 1.28. The number of aliphatic carboxylic acids is 1. The van der Waals surface area contributed by atoms with Crippen molar-refractivity contribution in [2.75, 3.05) is 37.4 Å². The molecule has 0 bridgehead atoms. The van der Waals surface area contributed by atoms with Gasteiger partial charge in [-0.25, -0.2) is 4.79 Å². The molecular weight excluding hydrogens is 760 g/mol. The summed E-state index contributed by atoms with van der Waals surface area (Å²) in [6.45, 7) is 2.68. The fraction of sp³-hybridized carbons (Fsp3) is 0.400. The second-order valence-corrected chi connectivity index (χ2v) is 15.9. The smallest absolute Gasteiger partial charge is 0.335 e. The molecule has 1 aromatic heterocycles. The molecule has 308 valence electrons. The van der Waals surface area contributed by atoms with E-state index >= 15 is 0 Å². The minimum Gasteiger partial charge on any atom is -0.481 e. The molecular formula is C45H53FN4O7S. The van der Waals surface area contributed by atoms with Crippen LogP contribution in [0.2, 0.25) is 0 Å². The Kier molecular flexibility index (Phi) is 16.1. The molecule has 0 aliphatic heterocycles. The van der Waals surface area contributed by atoms with E-state index < -0.39 is 18.6 Å². The van der Waals surface area contributed by atoms with Crippen molar-refractivity contribution in [2.45, 2.75) is 90.1 Å². The molecule has 0 spiro atoms. The average molecular weight is 813 g/mol. The number of amides is 3. The van der Waals surface area contributed by atoms with E-state index in [0.29, 0.717) is 54.3 Å². The van der Waals surface area contributed by atoms with Crippen LogP contribution in [-0.2, 0) is 41.8 Å². The predicted molar refractivity (Wildman–Crippen MR) is 225 cm³/mol. The number of alkyl halides is 1. The van der Waals surface area contributed by atoms with Crippen LogP contribution in [-0.4, -0.2) is 82.5 Å². The van der Waals surface area contributed by atoms with Gasteiger partial charge >= 0.3 is 11.9 Å². The summed E-state index contributed by atoms with van der Waals surface area (Å²) >= 11 is 1.46. The van der Waals surface area contributed by atoms with Gasteiger partial charge in [0.05, 0.1) is 24.2 Å². The van der Waals surface area contributed by atoms with E-state index in [1.54, 1.807) is 37.4 Å². The lowest BCUT2D eigenvalue weighted by Crippen LogP contribution is -2.41. The molecule has 0 saturated carbocycles. The number of hydrogen-bond donors (Lipinski definition) is 4. The number of likely N-dealkylation sites (N-methyl/N-ethyl adjacent to an activating group) is 1. The van der Waals surface area contributed by atoms with Crippen LogP contribution in [0.4, 0.5) is 15.1 Å². The van der Waals surface area contributed by atoms with E-state index in [0.717, 1.165) is 72.1 Å². The Bertz CT molecular complexity index is 2050. The van der Waals surface area contributed by atoms with Gasteiger partial charge in [0.2, 0.25) is 5.91 Å². The lowest BCUT2D eigenvalue weighted by Gasteiger charge is -2.32. The fourth-order valence-corrected chi connectivity index (χ4v) is 8.59. The Morgan fingerprint density at radius 1 is 0.793 bits per heavy atom. The van der Waals surface area contributed by atoms with Crippen LogP contribution in [0.5, 0.6) is 0 Å². The van der Waals surface area contributed by atoms with E-state index in [1.165, 1.54) is 16.2 Å². The second-order valence-electron chi connectivity index (χ2n) is 14.8. The van der Waals surface area contributed by atoms with E-state index in [9.17, 15) is 28.4 Å². The van der Waals surface area contributed by atoms with Gasteiger partial charge in [0.15, 0.2) is 0 Å². The number of carbonyl (C=O) groups excluding carboxylic acids is 3. The predicted octanol–water partition coefficient (Wildman–Crippen LogP) is 8.27. The van der Waals surface area contributed by atoms with Gasteiger partial charge in [0.25, 0.3) is 11.8 Å². The van der Waals surface area contributed by atoms with Crippen LogP contribution in [0, 0.1) is 0 Å². The maximum absolute atomic E-state index is 14.0. The van der Waals surface area contributed by atoms with E-state index in [-0.39, 0.29) is 42.2 Å². The largest absolute Gasteiger partial charge is 0.481 e. The van der Waals surface area contributed by atoms with Gasteiger partial charge in [-0.05, 0) is 110 Å². The van der Waals surface area contributed by atoms with Crippen molar-refractivity contribution in [2.24, 2.45) is 0 Å². The minimum atomic E-state index is -1.03. The molecule has 13 heteroatoms. The number of thiophene rings is 1. The number of rotatable bonds is 20. The molecule has 3 amide bonds. The number of halogens is 1. The first-order chi connectivity index (χ1) is 27.9. The van der Waals surface area contributed by atoms with Crippen LogP contribution < -0.4 is 10.6 Å². The van der Waals surface area contributed by atoms with E-state index in [4.69, 9.17) is 10.2 Å². The Labute approximate surface area is 343 Å². The van der Waals surface area contributed by atoms with Crippen molar-refractivity contribution in [1.82, 2.24) is 9.80 Å². The molecule has 1 aliphatic rings. The highest BCUT2D eigenvalue weighted by Gasteiger charge is 2.27. The molecule has 1 unspecified atom stereocenters. The van der Waals surface area contributed by atoms with Crippen molar-refractivity contribution >= 4 is 51.7 Å². The van der Waals surface area contributed by atoms with E-state index in [2.05, 4.69) is 15.5 Å². The maximum Gasteiger partial charge on any atom is 0.335 e. The highest BCUT2D eigenvalue weighted by atomic mass is 32.1. The summed E-state index contributed by atoms with van der Waals surface area (Å²) in [6.07, 6.45) is 6.79. The quantitative estimate of drug-likeness (QED) is 0.0650. The summed E-state index contributed by atoms with van der Waals surface area (Å²) in [6, 6.07) is 21.7. The van der Waals surface area contributed by atoms with Crippen molar-refractivity contribution in [3.05, 3.63) is 117 Å². The number of benzene rings is 3. The van der Waals surface area contributed by atoms with Crippen molar-refractivity contribution in [1.29, 1.82) is 0 Å². The highest BCUT2D eigenvalue weighted by Crippen LogP contribution is 2.38. The third-order valence-electron chi connectivity index (χ3n) is 10.7. The zero-order chi connectivity index (χ0) is 41.6. The van der Waals surface area contributed by atoms with Gasteiger partial charge in [0, 0.05) is 55.3 Å². The fourth-order valence-electron chi connectivity index (χ4n) is 7.31. The Morgan fingerprint density at radius 3 is 2.14 bits per heavy atom. The van der Waals surface area contributed by atoms with Gasteiger partial charge in [-0.2, -0.15) is 0 Å². The lowest BCUT2D eigenvalue weighted by molar-refractivity contribution is -0.140. The van der Waals surface area contributed by atoms with Crippen molar-refractivity contribution in [3.8, 4) is 0 Å². The number of carboxylic acids is 2. The molecule has 11 nitrogen and oxygen atoms in total. The third-order valence-corrected chi connectivity index (χ3v) is 11.9. The average Bonchev–Trinajstić information content (AvgIpc) is 3.39. The maximum atomic E-state index is 14.0. The number of aryl methyl sites for hydroxylation is 3. The molecule has 0 fully saturated rings. The van der Waals surface area contributed by atoms with E-state index in [1.807, 2.05) is 49.4 Å². The van der Waals surface area contributed by atoms with Gasteiger partial charge in [0.1, 0.15) is 5.00 Å². The van der Waals surface area contributed by atoms with Crippen LogP contribution in [0.15, 0.2) is 72.8 Å². The first kappa shape index (κ1) is 43.7. The minimum absolute atomic E-state index is 0.0919. The summed E-state index contributed by atoms with van der Waals surface area (Å²) in [5, 5.41) is 24.8. The molecule has 0 saturated heterocycles. The first-order valence-corrected chi connectivity index (χ1v) is 20.8. The van der Waals surface area contributed by atoms with Crippen LogP contribution in [0.25, 0.3) is 0 Å². The SMILES string of the molecule is CCC(CCF)N(CCN(C)C(=O)CCC(=O)O)Cc1cccc(C(=O)Nc2sc3c(c2C(=O)Nc2ccc(CCc4ccc(C(=O)O)cc4)cc2)CCCCC3)c1. The topological polar surface area (TPSA) is 156 Å². The number of nitrogens with one attached hydrogen (secondary N) is 2. The lowest BCUT2D eigenvalue weighted by atomic mass is 10.0. The van der Waals surface area contributed by atoms with Crippen LogP contribution >= 0.6 is 11.3 Å². The summed E-state index contributed by atoms with van der Waals surface area (Å²) in [7, 11) is 1.63. The summed E-state index contributed by atoms with van der Waals surface area (Å²) in [5.74, 6) is -2.89. The standard InChI is InChI=1S/C45H53FN4O7S/c1-3-36(24-25-46)50(27-26-49(2)39(51)22-23-40(52)53)29-32-8-7-9-34(28-32)42(54)48-44-41(37-10-5-4-6-11-38(37)58-44)43(55)47-35-20-16-31(17-21-35)13-12-30-14-18-33(19-15-30)45(56)57/h7-9,14-21,28,36H,3-6,10-13,22-27,29H2,1-2H3,(H,47,55)(H,48,54)(H,52,53)(H,56,57). The summed E-state index contributed by atoms with van der Waals surface area (Å²) < 4.78 is 13.6. The molecule has 0 radical (unpaired) electrons. The molecule has 1 atom stereocenters. The first-order valence-electron chi connectivity index (χ1n) is 20.0. The normalized spacial score (nSPS) is 13.0.